The molecule has 0 amide bonds. The van der Waals surface area contributed by atoms with Gasteiger partial charge in [0.25, 0.3) is 0 Å². The van der Waals surface area contributed by atoms with Crippen molar-refractivity contribution in [2.75, 3.05) is 0 Å². The lowest BCUT2D eigenvalue weighted by Crippen LogP contribution is -2.13. The Morgan fingerprint density at radius 2 is 2.38 bits per heavy atom. The van der Waals surface area contributed by atoms with Crippen LogP contribution in [0.5, 0.6) is 0 Å². The summed E-state index contributed by atoms with van der Waals surface area (Å²) >= 11 is 0. The fourth-order valence-electron chi connectivity index (χ4n) is 1.57. The molecule has 0 atom stereocenters. The number of aromatic nitrogens is 4. The molecule has 2 heterocycles. The maximum atomic E-state index is 10.9. The molecule has 0 saturated carbocycles. The molecule has 6 heteroatoms. The minimum Gasteiger partial charge on any atom is -0.477 e. The van der Waals surface area contributed by atoms with Gasteiger partial charge in [-0.3, -0.25) is 0 Å². The van der Waals surface area contributed by atoms with E-state index in [1.54, 1.807) is 27.6 Å². The van der Waals surface area contributed by atoms with Crippen LogP contribution < -0.4 is 0 Å². The summed E-state index contributed by atoms with van der Waals surface area (Å²) in [6.45, 7) is 3.10. The second kappa shape index (κ2) is 4.18. The van der Waals surface area contributed by atoms with Crippen LogP contribution in [0.4, 0.5) is 0 Å². The molecule has 0 aromatic carbocycles. The first kappa shape index (κ1) is 10.4. The normalized spacial score (nSPS) is 10.6. The summed E-state index contributed by atoms with van der Waals surface area (Å²) in [7, 11) is 0. The summed E-state index contributed by atoms with van der Waals surface area (Å²) in [6, 6.07) is 3.27. The van der Waals surface area contributed by atoms with E-state index in [9.17, 15) is 4.79 Å². The van der Waals surface area contributed by atoms with Crippen LogP contribution in [0, 0.1) is 0 Å². The Labute approximate surface area is 92.2 Å². The third-order valence-electron chi connectivity index (χ3n) is 2.36. The predicted molar refractivity (Wildman–Crippen MR) is 56.2 cm³/mol. The maximum Gasteiger partial charge on any atom is 0.352 e. The van der Waals surface area contributed by atoms with Gasteiger partial charge in [0.2, 0.25) is 0 Å². The van der Waals surface area contributed by atoms with Gasteiger partial charge in [-0.25, -0.2) is 14.5 Å². The molecule has 0 fully saturated rings. The van der Waals surface area contributed by atoms with Crippen molar-refractivity contribution in [2.45, 2.75) is 20.0 Å². The third kappa shape index (κ3) is 1.81. The summed E-state index contributed by atoms with van der Waals surface area (Å²) in [5.74, 6) is -0.186. The van der Waals surface area contributed by atoms with Gasteiger partial charge in [-0.05, 0) is 19.1 Å². The van der Waals surface area contributed by atoms with Gasteiger partial charge in [0, 0.05) is 12.7 Å². The summed E-state index contributed by atoms with van der Waals surface area (Å²) in [5.41, 5.74) is 0.255. The van der Waals surface area contributed by atoms with Gasteiger partial charge in [-0.2, -0.15) is 5.10 Å². The van der Waals surface area contributed by atoms with Crippen molar-refractivity contribution in [2.24, 2.45) is 0 Å². The molecule has 84 valence electrons. The predicted octanol–water partition coefficient (Wildman–Crippen LogP) is 0.846. The van der Waals surface area contributed by atoms with Crippen LogP contribution in [0.3, 0.4) is 0 Å². The highest BCUT2D eigenvalue weighted by molar-refractivity contribution is 5.85. The number of hydrogen-bond acceptors (Lipinski definition) is 3. The molecule has 1 N–H and O–H groups in total. The van der Waals surface area contributed by atoms with Gasteiger partial charge in [-0.1, -0.05) is 0 Å². The van der Waals surface area contributed by atoms with Crippen LogP contribution in [-0.4, -0.2) is 30.4 Å². The molecule has 0 bridgehead atoms. The number of carboxylic acid groups (broad SMARTS) is 1. The largest absolute Gasteiger partial charge is 0.477 e. The molecule has 2 aromatic rings. The van der Waals surface area contributed by atoms with E-state index >= 15 is 0 Å². The molecule has 2 rings (SSSR count). The van der Waals surface area contributed by atoms with E-state index in [1.165, 1.54) is 6.33 Å². The zero-order valence-electron chi connectivity index (χ0n) is 8.87. The number of carboxylic acids is 1. The van der Waals surface area contributed by atoms with Crippen molar-refractivity contribution in [1.29, 1.82) is 0 Å². The standard InChI is InChI=1S/C10H12N4O2/c1-2-14-9(11-7-12-14)6-13-5-3-4-8(13)10(15)16/h3-5,7H,2,6H2,1H3,(H,15,16). The van der Waals surface area contributed by atoms with Gasteiger partial charge in [0.05, 0.1) is 6.54 Å². The lowest BCUT2D eigenvalue weighted by Gasteiger charge is -2.06. The number of carbonyl (C=O) groups is 1. The van der Waals surface area contributed by atoms with E-state index < -0.39 is 5.97 Å². The molecule has 2 aromatic heterocycles. The first-order valence-electron chi connectivity index (χ1n) is 4.97. The molecule has 0 spiro atoms. The topological polar surface area (TPSA) is 72.9 Å². The molecular weight excluding hydrogens is 208 g/mol. The number of hydrogen-bond donors (Lipinski definition) is 1. The van der Waals surface area contributed by atoms with Gasteiger partial charge >= 0.3 is 5.97 Å². The molecule has 0 unspecified atom stereocenters. The summed E-state index contributed by atoms with van der Waals surface area (Å²) in [4.78, 5) is 15.0. The molecule has 0 aliphatic heterocycles. The minimum atomic E-state index is -0.937. The van der Waals surface area contributed by atoms with Crippen molar-refractivity contribution >= 4 is 5.97 Å². The molecule has 6 nitrogen and oxygen atoms in total. The SMILES string of the molecule is CCn1ncnc1Cn1cccc1C(=O)O. The molecule has 0 aliphatic carbocycles. The highest BCUT2D eigenvalue weighted by atomic mass is 16.4. The highest BCUT2D eigenvalue weighted by Crippen LogP contribution is 2.06. The fraction of sp³-hybridized carbons (Fsp3) is 0.300. The Balaban J connectivity index is 2.27. The van der Waals surface area contributed by atoms with Crippen molar-refractivity contribution in [3.8, 4) is 0 Å². The second-order valence-electron chi connectivity index (χ2n) is 3.32. The molecule has 0 saturated heterocycles. The zero-order valence-corrected chi connectivity index (χ0v) is 8.87. The second-order valence-corrected chi connectivity index (χ2v) is 3.32. The van der Waals surface area contributed by atoms with Crippen LogP contribution in [0.1, 0.15) is 23.2 Å². The third-order valence-corrected chi connectivity index (χ3v) is 2.36. The van der Waals surface area contributed by atoms with Crippen LogP contribution in [0.2, 0.25) is 0 Å². The number of rotatable bonds is 4. The number of aryl methyl sites for hydroxylation is 1. The number of aromatic carboxylic acids is 1. The average molecular weight is 220 g/mol. The fourth-order valence-corrected chi connectivity index (χ4v) is 1.57. The van der Waals surface area contributed by atoms with E-state index in [0.29, 0.717) is 6.54 Å². The molecule has 0 aliphatic rings. The van der Waals surface area contributed by atoms with Gasteiger partial charge in [0.15, 0.2) is 0 Å². The maximum absolute atomic E-state index is 10.9. The minimum absolute atomic E-state index is 0.255. The number of nitrogens with zero attached hydrogens (tertiary/aromatic N) is 4. The monoisotopic (exact) mass is 220 g/mol. The van der Waals surface area contributed by atoms with Crippen LogP contribution in [0.15, 0.2) is 24.7 Å². The van der Waals surface area contributed by atoms with E-state index in [1.807, 2.05) is 6.92 Å². The smallest absolute Gasteiger partial charge is 0.352 e. The van der Waals surface area contributed by atoms with Gasteiger partial charge in [0.1, 0.15) is 17.8 Å². The lowest BCUT2D eigenvalue weighted by molar-refractivity contribution is 0.0685. The van der Waals surface area contributed by atoms with E-state index in [4.69, 9.17) is 5.11 Å². The quantitative estimate of drug-likeness (QED) is 0.828. The Morgan fingerprint density at radius 3 is 3.06 bits per heavy atom. The Morgan fingerprint density at radius 1 is 1.56 bits per heavy atom. The average Bonchev–Trinajstić information content (AvgIpc) is 2.86. The van der Waals surface area contributed by atoms with Crippen molar-refractivity contribution in [3.05, 3.63) is 36.2 Å². The summed E-state index contributed by atoms with van der Waals surface area (Å²) in [5, 5.41) is 13.0. The van der Waals surface area contributed by atoms with Crippen LogP contribution >= 0.6 is 0 Å². The van der Waals surface area contributed by atoms with Crippen molar-refractivity contribution in [1.82, 2.24) is 19.3 Å². The zero-order chi connectivity index (χ0) is 11.5. The Bertz CT molecular complexity index is 500. The van der Waals surface area contributed by atoms with E-state index in [0.717, 1.165) is 12.4 Å². The summed E-state index contributed by atoms with van der Waals surface area (Å²) in [6.07, 6.45) is 3.20. The Hall–Kier alpha value is -2.11. The highest BCUT2D eigenvalue weighted by Gasteiger charge is 2.11. The lowest BCUT2D eigenvalue weighted by atomic mass is 10.4. The van der Waals surface area contributed by atoms with Crippen LogP contribution in [-0.2, 0) is 13.1 Å². The van der Waals surface area contributed by atoms with Crippen molar-refractivity contribution in [3.63, 3.8) is 0 Å². The van der Waals surface area contributed by atoms with Crippen LogP contribution in [0.25, 0.3) is 0 Å². The molecular formula is C10H12N4O2. The Kier molecular flexibility index (Phi) is 2.72. The first-order valence-corrected chi connectivity index (χ1v) is 4.97. The summed E-state index contributed by atoms with van der Waals surface area (Å²) < 4.78 is 3.38. The van der Waals surface area contributed by atoms with Gasteiger partial charge < -0.3 is 9.67 Å². The van der Waals surface area contributed by atoms with E-state index in [2.05, 4.69) is 10.1 Å². The van der Waals surface area contributed by atoms with E-state index in [-0.39, 0.29) is 5.69 Å². The molecule has 16 heavy (non-hydrogen) atoms. The van der Waals surface area contributed by atoms with Gasteiger partial charge in [-0.15, -0.1) is 0 Å². The van der Waals surface area contributed by atoms with Crippen molar-refractivity contribution < 1.29 is 9.90 Å². The molecule has 0 radical (unpaired) electrons. The first-order chi connectivity index (χ1) is 7.72.